The Hall–Kier alpha value is -0.980. The van der Waals surface area contributed by atoms with Crippen molar-refractivity contribution in [3.8, 4) is 0 Å². The molecule has 0 saturated carbocycles. The maximum atomic E-state index is 12.1. The highest BCUT2D eigenvalue weighted by Crippen LogP contribution is 2.26. The molecule has 0 amide bonds. The van der Waals surface area contributed by atoms with Crippen molar-refractivity contribution in [2.75, 3.05) is 13.2 Å². The van der Waals surface area contributed by atoms with Crippen molar-refractivity contribution >= 4 is 5.84 Å². The van der Waals surface area contributed by atoms with Gasteiger partial charge in [-0.25, -0.2) is 0 Å². The molecular weight excluding hydrogens is 189 g/mol. The molecule has 0 aromatic heterocycles. The van der Waals surface area contributed by atoms with Crippen molar-refractivity contribution < 1.29 is 23.1 Å². The second-order valence-corrected chi connectivity index (χ2v) is 2.28. The van der Waals surface area contributed by atoms with Gasteiger partial charge in [0.15, 0.2) is 5.84 Å². The first-order valence-electron chi connectivity index (χ1n) is 3.55. The first-order valence-corrected chi connectivity index (χ1v) is 3.55. The Balaban J connectivity index is 4.38. The summed E-state index contributed by atoms with van der Waals surface area (Å²) in [5, 5.41) is 10.4. The fourth-order valence-electron chi connectivity index (χ4n) is 0.653. The maximum absolute atomic E-state index is 12.1. The van der Waals surface area contributed by atoms with Crippen LogP contribution in [-0.2, 0) is 4.74 Å². The average molecular weight is 200 g/mol. The Morgan fingerprint density at radius 3 is 2.46 bits per heavy atom. The molecule has 78 valence electrons. The third-order valence-corrected chi connectivity index (χ3v) is 1.36. The van der Waals surface area contributed by atoms with E-state index in [9.17, 15) is 13.2 Å². The van der Waals surface area contributed by atoms with Crippen LogP contribution in [0.4, 0.5) is 13.2 Å². The fraction of sp³-hybridized carbons (Fsp3) is 0.833. The molecule has 1 atom stereocenters. The van der Waals surface area contributed by atoms with Crippen molar-refractivity contribution in [3.63, 3.8) is 0 Å². The van der Waals surface area contributed by atoms with Gasteiger partial charge >= 0.3 is 6.18 Å². The lowest BCUT2D eigenvalue weighted by molar-refractivity contribution is -0.168. The zero-order chi connectivity index (χ0) is 10.5. The summed E-state index contributed by atoms with van der Waals surface area (Å²) in [5.74, 6) is -2.93. The Labute approximate surface area is 73.2 Å². The number of amidine groups is 1. The molecule has 13 heavy (non-hydrogen) atoms. The molecule has 0 fully saturated rings. The van der Waals surface area contributed by atoms with Crippen LogP contribution in [0.15, 0.2) is 5.16 Å². The maximum Gasteiger partial charge on any atom is 0.401 e. The monoisotopic (exact) mass is 200 g/mol. The highest BCUT2D eigenvalue weighted by molar-refractivity contribution is 5.83. The Morgan fingerprint density at radius 2 is 2.15 bits per heavy atom. The normalized spacial score (nSPS) is 15.8. The van der Waals surface area contributed by atoms with E-state index in [4.69, 9.17) is 10.9 Å². The molecule has 4 nitrogen and oxygen atoms in total. The average Bonchev–Trinajstić information content (AvgIpc) is 2.02. The van der Waals surface area contributed by atoms with Crippen molar-refractivity contribution in [1.82, 2.24) is 0 Å². The molecule has 0 rings (SSSR count). The van der Waals surface area contributed by atoms with Crippen LogP contribution in [-0.4, -0.2) is 30.4 Å². The van der Waals surface area contributed by atoms with Crippen molar-refractivity contribution in [2.45, 2.75) is 13.1 Å². The van der Waals surface area contributed by atoms with Crippen LogP contribution < -0.4 is 5.73 Å². The highest BCUT2D eigenvalue weighted by Gasteiger charge is 2.42. The van der Waals surface area contributed by atoms with Gasteiger partial charge in [-0.2, -0.15) is 13.2 Å². The van der Waals surface area contributed by atoms with Gasteiger partial charge in [0, 0.05) is 6.61 Å². The van der Waals surface area contributed by atoms with Crippen molar-refractivity contribution in [1.29, 1.82) is 0 Å². The van der Waals surface area contributed by atoms with Gasteiger partial charge < -0.3 is 15.7 Å². The Bertz CT molecular complexity index is 181. The summed E-state index contributed by atoms with van der Waals surface area (Å²) in [4.78, 5) is 0. The van der Waals surface area contributed by atoms with E-state index < -0.39 is 24.5 Å². The molecule has 0 aliphatic rings. The van der Waals surface area contributed by atoms with E-state index in [0.29, 0.717) is 0 Å². The number of nitrogens with zero attached hydrogens (tertiary/aromatic N) is 1. The number of hydrogen-bond acceptors (Lipinski definition) is 3. The summed E-state index contributed by atoms with van der Waals surface area (Å²) in [6.45, 7) is 1.07. The minimum Gasteiger partial charge on any atom is -0.409 e. The smallest absolute Gasteiger partial charge is 0.401 e. The van der Waals surface area contributed by atoms with Gasteiger partial charge in [0.1, 0.15) is 5.92 Å². The predicted octanol–water partition coefficient (Wildman–Crippen LogP) is 0.948. The molecule has 7 heteroatoms. The molecule has 0 bridgehead atoms. The van der Waals surface area contributed by atoms with Gasteiger partial charge in [0.05, 0.1) is 6.61 Å². The van der Waals surface area contributed by atoms with E-state index in [-0.39, 0.29) is 6.61 Å². The first kappa shape index (κ1) is 12.0. The molecular formula is C6H11F3N2O2. The van der Waals surface area contributed by atoms with E-state index in [1.165, 1.54) is 0 Å². The molecule has 1 unspecified atom stereocenters. The molecule has 0 spiro atoms. The minimum absolute atomic E-state index is 0.144. The van der Waals surface area contributed by atoms with Crippen LogP contribution in [0.25, 0.3) is 0 Å². The second kappa shape index (κ2) is 4.90. The SMILES string of the molecule is CCOCC(C(N)=NO)C(F)(F)F. The highest BCUT2D eigenvalue weighted by atomic mass is 19.4. The van der Waals surface area contributed by atoms with Crippen molar-refractivity contribution in [3.05, 3.63) is 0 Å². The first-order chi connectivity index (χ1) is 5.93. The zero-order valence-electron chi connectivity index (χ0n) is 7.01. The molecule has 3 N–H and O–H groups in total. The molecule has 0 aliphatic heterocycles. The topological polar surface area (TPSA) is 67.8 Å². The largest absolute Gasteiger partial charge is 0.409 e. The van der Waals surface area contributed by atoms with Gasteiger partial charge in [0.2, 0.25) is 0 Å². The third-order valence-electron chi connectivity index (χ3n) is 1.36. The molecule has 0 radical (unpaired) electrons. The van der Waals surface area contributed by atoms with Crippen LogP contribution in [0.5, 0.6) is 0 Å². The predicted molar refractivity (Wildman–Crippen MR) is 39.4 cm³/mol. The van der Waals surface area contributed by atoms with Crippen LogP contribution >= 0.6 is 0 Å². The molecule has 0 aromatic rings. The van der Waals surface area contributed by atoms with Crippen LogP contribution in [0.2, 0.25) is 0 Å². The van der Waals surface area contributed by atoms with E-state index in [1.54, 1.807) is 6.92 Å². The van der Waals surface area contributed by atoms with Gasteiger partial charge in [-0.05, 0) is 6.92 Å². The van der Waals surface area contributed by atoms with Crippen LogP contribution in [0.3, 0.4) is 0 Å². The summed E-state index contributed by atoms with van der Waals surface area (Å²) in [7, 11) is 0. The van der Waals surface area contributed by atoms with Crippen molar-refractivity contribution in [2.24, 2.45) is 16.8 Å². The zero-order valence-corrected chi connectivity index (χ0v) is 7.01. The van der Waals surface area contributed by atoms with Gasteiger partial charge in [-0.15, -0.1) is 0 Å². The number of alkyl halides is 3. The second-order valence-electron chi connectivity index (χ2n) is 2.28. The number of hydrogen-bond donors (Lipinski definition) is 2. The molecule has 0 heterocycles. The number of halogens is 3. The fourth-order valence-corrected chi connectivity index (χ4v) is 0.653. The van der Waals surface area contributed by atoms with Gasteiger partial charge in [-0.1, -0.05) is 5.16 Å². The standard InChI is InChI=1S/C6H11F3N2O2/c1-2-13-3-4(5(10)11-12)6(7,8)9/h4,12H,2-3H2,1H3,(H2,10,11). The van der Waals surface area contributed by atoms with E-state index in [0.717, 1.165) is 0 Å². The Morgan fingerprint density at radius 1 is 1.62 bits per heavy atom. The lowest BCUT2D eigenvalue weighted by Gasteiger charge is -2.18. The Kier molecular flexibility index (Phi) is 4.53. The van der Waals surface area contributed by atoms with E-state index in [2.05, 4.69) is 9.89 Å². The van der Waals surface area contributed by atoms with Gasteiger partial charge in [0.25, 0.3) is 0 Å². The molecule has 0 saturated heterocycles. The summed E-state index contributed by atoms with van der Waals surface area (Å²) in [6.07, 6.45) is -4.55. The summed E-state index contributed by atoms with van der Waals surface area (Å²) in [5.41, 5.74) is 4.84. The number of nitrogens with two attached hydrogens (primary N) is 1. The number of rotatable bonds is 4. The van der Waals surface area contributed by atoms with Crippen LogP contribution in [0, 0.1) is 5.92 Å². The molecule has 0 aliphatic carbocycles. The van der Waals surface area contributed by atoms with Gasteiger partial charge in [-0.3, -0.25) is 0 Å². The lowest BCUT2D eigenvalue weighted by Crippen LogP contribution is -2.39. The summed E-state index contributed by atoms with van der Waals surface area (Å²) >= 11 is 0. The summed E-state index contributed by atoms with van der Waals surface area (Å²) in [6, 6.07) is 0. The molecule has 0 aromatic carbocycles. The minimum atomic E-state index is -4.55. The van der Waals surface area contributed by atoms with E-state index >= 15 is 0 Å². The lowest BCUT2D eigenvalue weighted by atomic mass is 10.1. The quantitative estimate of drug-likeness (QED) is 0.307. The number of ether oxygens (including phenoxy) is 1. The van der Waals surface area contributed by atoms with Crippen LogP contribution in [0.1, 0.15) is 6.92 Å². The third kappa shape index (κ3) is 3.97. The number of oxime groups is 1. The summed E-state index contributed by atoms with van der Waals surface area (Å²) < 4.78 is 40.9. The van der Waals surface area contributed by atoms with E-state index in [1.807, 2.05) is 0 Å².